The summed E-state index contributed by atoms with van der Waals surface area (Å²) in [6.45, 7) is 7.08. The molecule has 23 heavy (non-hydrogen) atoms. The number of hydrogen-bond acceptors (Lipinski definition) is 5. The highest BCUT2D eigenvalue weighted by Crippen LogP contribution is 2.21. The summed E-state index contributed by atoms with van der Waals surface area (Å²) in [5, 5.41) is 13.2. The van der Waals surface area contributed by atoms with Crippen molar-refractivity contribution in [2.24, 2.45) is 0 Å². The fourth-order valence-corrected chi connectivity index (χ4v) is 2.49. The van der Waals surface area contributed by atoms with Gasteiger partial charge in [-0.3, -0.25) is 4.90 Å². The molecule has 0 unspecified atom stereocenters. The van der Waals surface area contributed by atoms with Crippen molar-refractivity contribution in [3.05, 3.63) is 45.8 Å². The maximum Gasteiger partial charge on any atom is 0.232 e. The quantitative estimate of drug-likeness (QED) is 0.826. The van der Waals surface area contributed by atoms with Crippen LogP contribution in [0.4, 0.5) is 4.39 Å². The van der Waals surface area contributed by atoms with Gasteiger partial charge in [0.25, 0.3) is 0 Å². The normalized spacial score (nSPS) is 12.1. The van der Waals surface area contributed by atoms with Crippen molar-refractivity contribution in [3.63, 3.8) is 0 Å². The highest BCUT2D eigenvalue weighted by molar-refractivity contribution is 9.10. The Morgan fingerprint density at radius 3 is 2.65 bits per heavy atom. The SMILES string of the molecule is CC(C)(C)c1nc(CN(CCO)Cc2cc(Br)ccc2F)no1. The number of benzene rings is 1. The van der Waals surface area contributed by atoms with E-state index in [2.05, 4.69) is 26.1 Å². The average molecular weight is 386 g/mol. The Hall–Kier alpha value is -1.31. The molecule has 126 valence electrons. The summed E-state index contributed by atoms with van der Waals surface area (Å²) in [6.07, 6.45) is 0. The van der Waals surface area contributed by atoms with Gasteiger partial charge in [0, 0.05) is 28.5 Å². The molecule has 1 aromatic heterocycles. The molecule has 0 bridgehead atoms. The molecule has 1 N–H and O–H groups in total. The molecule has 0 spiro atoms. The lowest BCUT2D eigenvalue weighted by Gasteiger charge is -2.20. The topological polar surface area (TPSA) is 62.4 Å². The monoisotopic (exact) mass is 385 g/mol. The minimum Gasteiger partial charge on any atom is -0.395 e. The lowest BCUT2D eigenvalue weighted by atomic mass is 9.97. The van der Waals surface area contributed by atoms with Crippen molar-refractivity contribution in [2.75, 3.05) is 13.2 Å². The second-order valence-corrected chi connectivity index (χ2v) is 7.35. The summed E-state index contributed by atoms with van der Waals surface area (Å²) in [5.41, 5.74) is 0.330. The van der Waals surface area contributed by atoms with Crippen LogP contribution >= 0.6 is 15.9 Å². The molecule has 0 fully saturated rings. The first-order valence-corrected chi connectivity index (χ1v) is 8.19. The van der Waals surface area contributed by atoms with Crippen LogP contribution in [0.1, 0.15) is 38.0 Å². The first-order chi connectivity index (χ1) is 10.8. The number of aliphatic hydroxyl groups is 1. The van der Waals surface area contributed by atoms with E-state index in [-0.39, 0.29) is 17.8 Å². The minimum atomic E-state index is -0.278. The van der Waals surface area contributed by atoms with Gasteiger partial charge in [0.15, 0.2) is 5.82 Å². The summed E-state index contributed by atoms with van der Waals surface area (Å²) < 4.78 is 20.0. The fraction of sp³-hybridized carbons (Fsp3) is 0.500. The number of halogens is 2. The van der Waals surface area contributed by atoms with Crippen LogP contribution < -0.4 is 0 Å². The van der Waals surface area contributed by atoms with Gasteiger partial charge in [0.1, 0.15) is 5.82 Å². The Kier molecular flexibility index (Phi) is 5.89. The van der Waals surface area contributed by atoms with Crippen molar-refractivity contribution in [1.82, 2.24) is 15.0 Å². The molecule has 0 aliphatic heterocycles. The maximum atomic E-state index is 13.9. The van der Waals surface area contributed by atoms with Gasteiger partial charge in [-0.25, -0.2) is 4.39 Å². The maximum absolute atomic E-state index is 13.9. The minimum absolute atomic E-state index is 0.0282. The molecular formula is C16H21BrFN3O2. The third kappa shape index (κ3) is 5.09. The van der Waals surface area contributed by atoms with Crippen LogP contribution in [-0.2, 0) is 18.5 Å². The second-order valence-electron chi connectivity index (χ2n) is 6.44. The van der Waals surface area contributed by atoms with E-state index in [1.807, 2.05) is 25.7 Å². The van der Waals surface area contributed by atoms with Crippen LogP contribution in [0.5, 0.6) is 0 Å². The van der Waals surface area contributed by atoms with E-state index in [4.69, 9.17) is 4.52 Å². The van der Waals surface area contributed by atoms with Gasteiger partial charge in [0.2, 0.25) is 5.89 Å². The van der Waals surface area contributed by atoms with Crippen molar-refractivity contribution in [2.45, 2.75) is 39.3 Å². The Labute approximate surface area is 143 Å². The van der Waals surface area contributed by atoms with Crippen molar-refractivity contribution in [1.29, 1.82) is 0 Å². The van der Waals surface area contributed by atoms with Gasteiger partial charge in [0.05, 0.1) is 13.2 Å². The molecule has 1 aromatic carbocycles. The highest BCUT2D eigenvalue weighted by atomic mass is 79.9. The number of rotatable bonds is 6. The molecule has 0 aliphatic carbocycles. The molecule has 0 aliphatic rings. The van der Waals surface area contributed by atoms with Crippen LogP contribution in [0, 0.1) is 5.82 Å². The standard InChI is InChI=1S/C16H21BrFN3O2/c1-16(2,3)15-19-14(20-23-15)10-21(6-7-22)9-11-8-12(17)4-5-13(11)18/h4-5,8,22H,6-7,9-10H2,1-3H3. The molecule has 0 saturated carbocycles. The number of aliphatic hydroxyl groups excluding tert-OH is 1. The van der Waals surface area contributed by atoms with Gasteiger partial charge < -0.3 is 9.63 Å². The lowest BCUT2D eigenvalue weighted by molar-refractivity contribution is 0.178. The van der Waals surface area contributed by atoms with Crippen molar-refractivity contribution < 1.29 is 14.0 Å². The van der Waals surface area contributed by atoms with E-state index in [1.165, 1.54) is 6.07 Å². The zero-order valence-corrected chi connectivity index (χ0v) is 15.1. The Morgan fingerprint density at radius 1 is 1.30 bits per heavy atom. The predicted molar refractivity (Wildman–Crippen MR) is 88.3 cm³/mol. The number of aromatic nitrogens is 2. The van der Waals surface area contributed by atoms with Crippen LogP contribution in [0.2, 0.25) is 0 Å². The third-order valence-corrected chi connectivity index (χ3v) is 3.79. The van der Waals surface area contributed by atoms with Gasteiger partial charge >= 0.3 is 0 Å². The lowest BCUT2D eigenvalue weighted by Crippen LogP contribution is -2.27. The van der Waals surface area contributed by atoms with Crippen LogP contribution in [0.25, 0.3) is 0 Å². The molecule has 0 saturated heterocycles. The molecular weight excluding hydrogens is 365 g/mol. The number of hydrogen-bond donors (Lipinski definition) is 1. The Morgan fingerprint density at radius 2 is 2.04 bits per heavy atom. The van der Waals surface area contributed by atoms with Crippen LogP contribution in [-0.4, -0.2) is 33.3 Å². The van der Waals surface area contributed by atoms with E-state index in [9.17, 15) is 9.50 Å². The summed E-state index contributed by atoms with van der Waals surface area (Å²) in [6, 6.07) is 4.81. The smallest absolute Gasteiger partial charge is 0.232 e. The van der Waals surface area contributed by atoms with E-state index in [1.54, 1.807) is 12.1 Å². The van der Waals surface area contributed by atoms with E-state index in [0.29, 0.717) is 36.9 Å². The molecule has 7 heteroatoms. The van der Waals surface area contributed by atoms with E-state index >= 15 is 0 Å². The summed E-state index contributed by atoms with van der Waals surface area (Å²) >= 11 is 3.34. The van der Waals surface area contributed by atoms with E-state index in [0.717, 1.165) is 4.47 Å². The summed E-state index contributed by atoms with van der Waals surface area (Å²) in [4.78, 5) is 6.26. The second kappa shape index (κ2) is 7.51. The first kappa shape index (κ1) is 18.0. The molecule has 0 amide bonds. The average Bonchev–Trinajstić information content (AvgIpc) is 2.92. The predicted octanol–water partition coefficient (Wildman–Crippen LogP) is 3.26. The Bertz CT molecular complexity index is 655. The largest absolute Gasteiger partial charge is 0.395 e. The van der Waals surface area contributed by atoms with Crippen LogP contribution in [0.15, 0.2) is 27.2 Å². The van der Waals surface area contributed by atoms with Crippen LogP contribution in [0.3, 0.4) is 0 Å². The molecule has 2 aromatic rings. The van der Waals surface area contributed by atoms with E-state index < -0.39 is 0 Å². The number of nitrogens with zero attached hydrogens (tertiary/aromatic N) is 3. The van der Waals surface area contributed by atoms with Gasteiger partial charge in [-0.1, -0.05) is 41.9 Å². The van der Waals surface area contributed by atoms with Gasteiger partial charge in [-0.15, -0.1) is 0 Å². The van der Waals surface area contributed by atoms with Gasteiger partial charge in [-0.2, -0.15) is 4.98 Å². The van der Waals surface area contributed by atoms with Crippen molar-refractivity contribution >= 4 is 15.9 Å². The molecule has 0 radical (unpaired) electrons. The highest BCUT2D eigenvalue weighted by Gasteiger charge is 2.22. The molecule has 5 nitrogen and oxygen atoms in total. The zero-order valence-electron chi connectivity index (χ0n) is 13.5. The first-order valence-electron chi connectivity index (χ1n) is 7.40. The summed E-state index contributed by atoms with van der Waals surface area (Å²) in [7, 11) is 0. The fourth-order valence-electron chi connectivity index (χ4n) is 2.08. The molecule has 1 heterocycles. The van der Waals surface area contributed by atoms with Crippen molar-refractivity contribution in [3.8, 4) is 0 Å². The van der Waals surface area contributed by atoms with Gasteiger partial charge in [-0.05, 0) is 18.2 Å². The molecule has 2 rings (SSSR count). The molecule has 0 atom stereocenters. The Balaban J connectivity index is 2.12. The third-order valence-electron chi connectivity index (χ3n) is 3.29. The summed E-state index contributed by atoms with van der Waals surface area (Å²) in [5.74, 6) is 0.809. The zero-order chi connectivity index (χ0) is 17.0.